The molecule has 186 valence electrons. The molecule has 0 saturated heterocycles. The summed E-state index contributed by atoms with van der Waals surface area (Å²) in [4.78, 5) is -0.327. The van der Waals surface area contributed by atoms with Gasteiger partial charge in [0.1, 0.15) is 0 Å². The summed E-state index contributed by atoms with van der Waals surface area (Å²) in [6, 6.07) is 17.3. The second kappa shape index (κ2) is 9.68. The number of benzene rings is 4. The molecule has 0 aliphatic rings. The average molecular weight is 510 g/mol. The van der Waals surface area contributed by atoms with Crippen LogP contribution in [0.3, 0.4) is 0 Å². The predicted octanol–water partition coefficient (Wildman–Crippen LogP) is 3.66. The van der Waals surface area contributed by atoms with Crippen LogP contribution in [0.5, 0.6) is 34.5 Å². The fourth-order valence-electron chi connectivity index (χ4n) is 3.64. The van der Waals surface area contributed by atoms with Crippen LogP contribution in [-0.4, -0.2) is 39.1 Å². The molecule has 7 N–H and O–H groups in total. The molecule has 0 bridgehead atoms. The minimum atomic E-state index is -4.18. The number of aromatic hydroxyl groups is 6. The van der Waals surface area contributed by atoms with Crippen molar-refractivity contribution in [2.75, 3.05) is 0 Å². The summed E-state index contributed by atoms with van der Waals surface area (Å²) in [5.74, 6) is -2.45. The lowest BCUT2D eigenvalue weighted by molar-refractivity contribution is 0.402. The zero-order valence-electron chi connectivity index (χ0n) is 18.8. The Labute approximate surface area is 206 Å². The maximum atomic E-state index is 13.1. The molecular weight excluding hydrogens is 486 g/mol. The van der Waals surface area contributed by atoms with Gasteiger partial charge in [0.2, 0.25) is 10.0 Å². The molecule has 0 fully saturated rings. The maximum absolute atomic E-state index is 13.1. The van der Waals surface area contributed by atoms with Gasteiger partial charge in [-0.3, -0.25) is 0 Å². The van der Waals surface area contributed by atoms with Crippen LogP contribution in [0.1, 0.15) is 16.7 Å². The summed E-state index contributed by atoms with van der Waals surface area (Å²) in [6.07, 6.45) is 0.496. The van der Waals surface area contributed by atoms with Crippen molar-refractivity contribution in [1.29, 1.82) is 0 Å². The lowest BCUT2D eigenvalue weighted by Crippen LogP contribution is -2.23. The lowest BCUT2D eigenvalue weighted by Gasteiger charge is -2.14. The predicted molar refractivity (Wildman–Crippen MR) is 132 cm³/mol. The van der Waals surface area contributed by atoms with Gasteiger partial charge in [0.15, 0.2) is 34.5 Å². The van der Waals surface area contributed by atoms with Crippen LogP contribution < -0.4 is 4.72 Å². The Hall–Kier alpha value is -4.41. The monoisotopic (exact) mass is 509 g/mol. The van der Waals surface area contributed by atoms with Gasteiger partial charge < -0.3 is 30.6 Å². The molecule has 0 atom stereocenters. The van der Waals surface area contributed by atoms with Gasteiger partial charge in [-0.05, 0) is 59.0 Å². The van der Waals surface area contributed by atoms with Crippen molar-refractivity contribution < 1.29 is 39.1 Å². The molecule has 0 unspecified atom stereocenters. The first-order chi connectivity index (χ1) is 17.0. The number of phenols is 6. The van der Waals surface area contributed by atoms with Gasteiger partial charge in [-0.25, -0.2) is 13.1 Å². The van der Waals surface area contributed by atoms with Gasteiger partial charge in [0.05, 0.1) is 4.90 Å². The molecule has 0 radical (unpaired) electrons. The normalized spacial score (nSPS) is 11.4. The molecule has 9 nitrogen and oxygen atoms in total. The van der Waals surface area contributed by atoms with E-state index in [1.54, 1.807) is 18.2 Å². The first kappa shape index (κ1) is 24.7. The standard InChI is InChI=1S/C26H23NO8S/c28-20-7-5-17(10-22(20)30)9-15-1-3-16(4-2-15)14-27-36(34,35)26-13-25(33)24(32)12-19(26)18-6-8-21(29)23(31)11-18/h1-8,10-13,27-33H,9,14H2. The van der Waals surface area contributed by atoms with Gasteiger partial charge in [-0.2, -0.15) is 0 Å². The van der Waals surface area contributed by atoms with E-state index in [1.807, 2.05) is 12.1 Å². The number of rotatable bonds is 7. The van der Waals surface area contributed by atoms with E-state index in [4.69, 9.17) is 0 Å². The van der Waals surface area contributed by atoms with Crippen LogP contribution >= 0.6 is 0 Å². The van der Waals surface area contributed by atoms with Crippen molar-refractivity contribution in [2.45, 2.75) is 17.9 Å². The summed E-state index contributed by atoms with van der Waals surface area (Å²) < 4.78 is 28.7. The molecule has 0 heterocycles. The number of hydrogen-bond acceptors (Lipinski definition) is 8. The van der Waals surface area contributed by atoms with Gasteiger partial charge in [0.25, 0.3) is 0 Å². The Morgan fingerprint density at radius 1 is 0.556 bits per heavy atom. The van der Waals surface area contributed by atoms with Crippen LogP contribution in [0.25, 0.3) is 11.1 Å². The molecule has 10 heteroatoms. The molecule has 4 aromatic carbocycles. The van der Waals surface area contributed by atoms with E-state index in [2.05, 4.69) is 4.72 Å². The quantitative estimate of drug-likeness (QED) is 0.185. The highest BCUT2D eigenvalue weighted by atomic mass is 32.2. The number of nitrogens with one attached hydrogen (secondary N) is 1. The summed E-state index contributed by atoms with van der Waals surface area (Å²) >= 11 is 0. The van der Waals surface area contributed by atoms with E-state index in [-0.39, 0.29) is 34.1 Å². The minimum Gasteiger partial charge on any atom is -0.504 e. The van der Waals surface area contributed by atoms with Gasteiger partial charge >= 0.3 is 0 Å². The van der Waals surface area contributed by atoms with Crippen LogP contribution in [-0.2, 0) is 23.0 Å². The molecule has 0 aliphatic heterocycles. The van der Waals surface area contributed by atoms with Crippen molar-refractivity contribution in [2.24, 2.45) is 0 Å². The highest BCUT2D eigenvalue weighted by molar-refractivity contribution is 7.89. The van der Waals surface area contributed by atoms with Gasteiger partial charge in [-0.15, -0.1) is 0 Å². The molecule has 0 aromatic heterocycles. The summed E-state index contributed by atoms with van der Waals surface area (Å²) in [7, 11) is -4.18. The Kier molecular flexibility index (Phi) is 6.65. The fraction of sp³-hybridized carbons (Fsp3) is 0.0769. The van der Waals surface area contributed by atoms with Crippen LogP contribution in [0.15, 0.2) is 77.7 Å². The first-order valence-corrected chi connectivity index (χ1v) is 12.2. The molecule has 0 saturated carbocycles. The van der Waals surface area contributed by atoms with Crippen LogP contribution in [0.4, 0.5) is 0 Å². The highest BCUT2D eigenvalue weighted by Gasteiger charge is 2.23. The zero-order chi connectivity index (χ0) is 26.0. The van der Waals surface area contributed by atoms with Crippen molar-refractivity contribution >= 4 is 10.0 Å². The number of sulfonamides is 1. The van der Waals surface area contributed by atoms with Gasteiger partial charge in [-0.1, -0.05) is 36.4 Å². The van der Waals surface area contributed by atoms with Gasteiger partial charge in [0, 0.05) is 18.2 Å². The third-order valence-electron chi connectivity index (χ3n) is 5.59. The summed E-state index contributed by atoms with van der Waals surface area (Å²) in [5.41, 5.74) is 2.57. The van der Waals surface area contributed by atoms with Crippen molar-refractivity contribution in [3.63, 3.8) is 0 Å². The number of phenolic OH excluding ortho intramolecular Hbond substituents is 6. The maximum Gasteiger partial charge on any atom is 0.241 e. The summed E-state index contributed by atoms with van der Waals surface area (Å²) in [6.45, 7) is -0.0650. The van der Waals surface area contributed by atoms with Crippen molar-refractivity contribution in [3.8, 4) is 45.6 Å². The SMILES string of the molecule is O=S(=O)(NCc1ccc(Cc2ccc(O)c(O)c2)cc1)c1cc(O)c(O)cc1-c1ccc(O)c(O)c1. The van der Waals surface area contributed by atoms with Crippen LogP contribution in [0.2, 0.25) is 0 Å². The van der Waals surface area contributed by atoms with Crippen LogP contribution in [0, 0.1) is 0 Å². The molecule has 4 rings (SSSR count). The van der Waals surface area contributed by atoms with E-state index in [0.717, 1.165) is 29.3 Å². The van der Waals surface area contributed by atoms with Crippen molar-refractivity contribution in [1.82, 2.24) is 4.72 Å². The Morgan fingerprint density at radius 3 is 1.72 bits per heavy atom. The summed E-state index contributed by atoms with van der Waals surface area (Å²) in [5, 5.41) is 58.3. The molecular formula is C26H23NO8S. The second-order valence-electron chi connectivity index (χ2n) is 8.18. The third-order valence-corrected chi connectivity index (χ3v) is 7.03. The Morgan fingerprint density at radius 2 is 1.08 bits per heavy atom. The molecule has 0 amide bonds. The first-order valence-electron chi connectivity index (χ1n) is 10.7. The average Bonchev–Trinajstić information content (AvgIpc) is 2.84. The van der Waals surface area contributed by atoms with E-state index in [1.165, 1.54) is 24.3 Å². The molecule has 0 aliphatic carbocycles. The molecule has 4 aromatic rings. The molecule has 36 heavy (non-hydrogen) atoms. The number of hydrogen-bond donors (Lipinski definition) is 7. The topological polar surface area (TPSA) is 168 Å². The third kappa shape index (κ3) is 5.29. The van der Waals surface area contributed by atoms with E-state index >= 15 is 0 Å². The van der Waals surface area contributed by atoms with E-state index in [0.29, 0.717) is 12.0 Å². The molecule has 0 spiro atoms. The zero-order valence-corrected chi connectivity index (χ0v) is 19.6. The Balaban J connectivity index is 1.54. The van der Waals surface area contributed by atoms with E-state index < -0.39 is 33.0 Å². The lowest BCUT2D eigenvalue weighted by atomic mass is 10.0. The minimum absolute atomic E-state index is 0.0144. The second-order valence-corrected chi connectivity index (χ2v) is 9.92. The Bertz CT molecular complexity index is 1530. The van der Waals surface area contributed by atoms with Crippen molar-refractivity contribution in [3.05, 3.63) is 89.5 Å². The smallest absolute Gasteiger partial charge is 0.241 e. The largest absolute Gasteiger partial charge is 0.504 e. The highest BCUT2D eigenvalue weighted by Crippen LogP contribution is 2.39. The fourth-order valence-corrected chi connectivity index (χ4v) is 4.89. The van der Waals surface area contributed by atoms with E-state index in [9.17, 15) is 39.1 Å².